The van der Waals surface area contributed by atoms with Gasteiger partial charge in [0.1, 0.15) is 0 Å². The van der Waals surface area contributed by atoms with Crippen LogP contribution in [0.15, 0.2) is 42.7 Å². The molecule has 0 aliphatic carbocycles. The van der Waals surface area contributed by atoms with Crippen LogP contribution >= 0.6 is 0 Å². The molecule has 2 N–H and O–H groups in total. The Labute approximate surface area is 89.5 Å². The van der Waals surface area contributed by atoms with Crippen LogP contribution in [0.4, 0.5) is 5.69 Å². The highest BCUT2D eigenvalue weighted by Gasteiger charge is 2.04. The largest absolute Gasteiger partial charge is 0.385 e. The van der Waals surface area contributed by atoms with Gasteiger partial charge in [-0.1, -0.05) is 18.2 Å². The van der Waals surface area contributed by atoms with Gasteiger partial charge in [0.2, 0.25) is 0 Å². The molecule has 2 heterocycles. The lowest BCUT2D eigenvalue weighted by Crippen LogP contribution is -2.10. The molecule has 2 aromatic rings. The first-order chi connectivity index (χ1) is 7.47. The van der Waals surface area contributed by atoms with E-state index in [0.29, 0.717) is 0 Å². The summed E-state index contributed by atoms with van der Waals surface area (Å²) in [5, 5.41) is 9.57. The highest BCUT2D eigenvalue weighted by molar-refractivity contribution is 5.52. The molecule has 3 nitrogen and oxygen atoms in total. The van der Waals surface area contributed by atoms with Crippen molar-refractivity contribution in [1.82, 2.24) is 10.2 Å². The van der Waals surface area contributed by atoms with Gasteiger partial charge in [0.05, 0.1) is 0 Å². The zero-order valence-electron chi connectivity index (χ0n) is 8.61. The summed E-state index contributed by atoms with van der Waals surface area (Å²) in [6.45, 7) is 1.14. The normalized spacial score (nSPS) is 13.1. The van der Waals surface area contributed by atoms with Crippen molar-refractivity contribution in [1.29, 1.82) is 0 Å². The Hall–Kier alpha value is -1.77. The van der Waals surface area contributed by atoms with Crippen LogP contribution in [0.25, 0.3) is 0 Å². The number of nitrogens with one attached hydrogen (secondary N) is 2. The van der Waals surface area contributed by atoms with Crippen molar-refractivity contribution in [2.45, 2.75) is 12.8 Å². The van der Waals surface area contributed by atoms with Crippen LogP contribution in [0.5, 0.6) is 0 Å². The summed E-state index contributed by atoms with van der Waals surface area (Å²) in [5.74, 6) is 0. The van der Waals surface area contributed by atoms with Gasteiger partial charge >= 0.3 is 0 Å². The number of rotatable bonds is 0. The van der Waals surface area contributed by atoms with Gasteiger partial charge < -0.3 is 5.32 Å². The fourth-order valence-corrected chi connectivity index (χ4v) is 1.63. The van der Waals surface area contributed by atoms with Crippen LogP contribution < -0.4 is 5.32 Å². The fourth-order valence-electron chi connectivity index (χ4n) is 1.63. The molecule has 78 valence electrons. The van der Waals surface area contributed by atoms with E-state index in [0.717, 1.165) is 6.54 Å². The summed E-state index contributed by atoms with van der Waals surface area (Å²) in [7, 11) is 0. The third-order valence-electron chi connectivity index (χ3n) is 2.36. The second-order valence-electron chi connectivity index (χ2n) is 3.45. The van der Waals surface area contributed by atoms with Crippen LogP contribution in [0.2, 0.25) is 0 Å². The van der Waals surface area contributed by atoms with Crippen molar-refractivity contribution in [3.8, 4) is 0 Å². The molecular formula is C12H15N3. The Bertz CT molecular complexity index is 339. The molecule has 1 aliphatic rings. The van der Waals surface area contributed by atoms with Gasteiger partial charge in [-0.05, 0) is 30.5 Å². The predicted octanol–water partition coefficient (Wildman–Crippen LogP) is 2.45. The Balaban J connectivity index is 0.000000144. The smallest absolute Gasteiger partial charge is 0.0487 e. The van der Waals surface area contributed by atoms with E-state index < -0.39 is 0 Å². The number of H-pyrrole nitrogens is 1. The number of aromatic amines is 1. The molecular weight excluding hydrogens is 186 g/mol. The topological polar surface area (TPSA) is 40.7 Å². The summed E-state index contributed by atoms with van der Waals surface area (Å²) < 4.78 is 0. The minimum absolute atomic E-state index is 1.14. The number of benzene rings is 1. The highest BCUT2D eigenvalue weighted by atomic mass is 15.1. The van der Waals surface area contributed by atoms with Crippen molar-refractivity contribution in [3.63, 3.8) is 0 Å². The van der Waals surface area contributed by atoms with Gasteiger partial charge in [-0.25, -0.2) is 0 Å². The maximum absolute atomic E-state index is 3.60. The molecule has 0 radical (unpaired) electrons. The van der Waals surface area contributed by atoms with E-state index in [4.69, 9.17) is 0 Å². The summed E-state index contributed by atoms with van der Waals surface area (Å²) >= 11 is 0. The molecule has 0 fully saturated rings. The lowest BCUT2D eigenvalue weighted by Gasteiger charge is -2.16. The summed E-state index contributed by atoms with van der Waals surface area (Å²) in [5.41, 5.74) is 2.79. The number of hydrogen-bond acceptors (Lipinski definition) is 2. The summed E-state index contributed by atoms with van der Waals surface area (Å²) in [6, 6.07) is 10.4. The van der Waals surface area contributed by atoms with Crippen LogP contribution in [0.3, 0.4) is 0 Å². The minimum atomic E-state index is 1.14. The van der Waals surface area contributed by atoms with Crippen LogP contribution in [0.1, 0.15) is 12.0 Å². The van der Waals surface area contributed by atoms with E-state index in [1.807, 2.05) is 6.07 Å². The standard InChI is InChI=1S/C9H11N.C3H4N2/c1-2-6-9-8(4-1)5-3-7-10-9;1-2-4-5-3-1/h1-2,4,6,10H,3,5,7H2;1-3H,(H,4,5). The number of hydrogen-bond donors (Lipinski definition) is 2. The molecule has 1 aromatic carbocycles. The number of para-hydroxylation sites is 1. The number of aryl methyl sites for hydroxylation is 1. The fraction of sp³-hybridized carbons (Fsp3) is 0.250. The van der Waals surface area contributed by atoms with E-state index in [2.05, 4.69) is 39.8 Å². The molecule has 0 saturated carbocycles. The highest BCUT2D eigenvalue weighted by Crippen LogP contribution is 2.19. The maximum Gasteiger partial charge on any atom is 0.0487 e. The van der Waals surface area contributed by atoms with Crippen molar-refractivity contribution < 1.29 is 0 Å². The summed E-state index contributed by atoms with van der Waals surface area (Å²) in [6.07, 6.45) is 5.97. The van der Waals surface area contributed by atoms with Crippen molar-refractivity contribution in [2.75, 3.05) is 11.9 Å². The zero-order chi connectivity index (χ0) is 10.3. The predicted molar refractivity (Wildman–Crippen MR) is 61.8 cm³/mol. The molecule has 0 bridgehead atoms. The monoisotopic (exact) mass is 201 g/mol. The van der Waals surface area contributed by atoms with E-state index >= 15 is 0 Å². The van der Waals surface area contributed by atoms with E-state index in [9.17, 15) is 0 Å². The van der Waals surface area contributed by atoms with Crippen LogP contribution in [-0.2, 0) is 6.42 Å². The van der Waals surface area contributed by atoms with Crippen molar-refractivity contribution in [2.24, 2.45) is 0 Å². The Morgan fingerprint density at radius 2 is 2.07 bits per heavy atom. The molecule has 0 saturated heterocycles. The SMILES string of the molecule is c1ccc2c(c1)CCCN2.c1cn[nH]c1. The Morgan fingerprint density at radius 3 is 2.73 bits per heavy atom. The molecule has 0 amide bonds. The molecule has 3 heteroatoms. The molecule has 0 spiro atoms. The van der Waals surface area contributed by atoms with Gasteiger partial charge in [-0.3, -0.25) is 5.10 Å². The molecule has 1 aliphatic heterocycles. The lowest BCUT2D eigenvalue weighted by molar-refractivity contribution is 0.830. The first kappa shape index (κ1) is 9.77. The average Bonchev–Trinajstić information content (AvgIpc) is 2.88. The first-order valence-corrected chi connectivity index (χ1v) is 5.22. The van der Waals surface area contributed by atoms with Gasteiger partial charge in [-0.15, -0.1) is 0 Å². The van der Waals surface area contributed by atoms with Gasteiger partial charge in [0.15, 0.2) is 0 Å². The number of anilines is 1. The van der Waals surface area contributed by atoms with Crippen molar-refractivity contribution >= 4 is 5.69 Å². The zero-order valence-corrected chi connectivity index (χ0v) is 8.61. The lowest BCUT2D eigenvalue weighted by atomic mass is 10.0. The Kier molecular flexibility index (Phi) is 3.38. The maximum atomic E-state index is 3.60. The second kappa shape index (κ2) is 5.20. The average molecular weight is 201 g/mol. The van der Waals surface area contributed by atoms with E-state index in [1.165, 1.54) is 24.1 Å². The first-order valence-electron chi connectivity index (χ1n) is 5.22. The number of fused-ring (bicyclic) bond motifs is 1. The number of aromatic nitrogens is 2. The second-order valence-corrected chi connectivity index (χ2v) is 3.45. The van der Waals surface area contributed by atoms with E-state index in [-0.39, 0.29) is 0 Å². The van der Waals surface area contributed by atoms with Gasteiger partial charge in [0.25, 0.3) is 0 Å². The third kappa shape index (κ3) is 2.84. The summed E-state index contributed by atoms with van der Waals surface area (Å²) in [4.78, 5) is 0. The quantitative estimate of drug-likeness (QED) is 0.687. The molecule has 3 rings (SSSR count). The molecule has 15 heavy (non-hydrogen) atoms. The molecule has 1 aromatic heterocycles. The van der Waals surface area contributed by atoms with Crippen LogP contribution in [0, 0.1) is 0 Å². The number of nitrogens with zero attached hydrogens (tertiary/aromatic N) is 1. The van der Waals surface area contributed by atoms with E-state index in [1.54, 1.807) is 12.4 Å². The van der Waals surface area contributed by atoms with Gasteiger partial charge in [-0.2, -0.15) is 5.10 Å². The molecule has 0 unspecified atom stereocenters. The molecule has 0 atom stereocenters. The Morgan fingerprint density at radius 1 is 1.13 bits per heavy atom. The minimum Gasteiger partial charge on any atom is -0.385 e. The third-order valence-corrected chi connectivity index (χ3v) is 2.36. The van der Waals surface area contributed by atoms with Crippen molar-refractivity contribution in [3.05, 3.63) is 48.3 Å². The van der Waals surface area contributed by atoms with Crippen LogP contribution in [-0.4, -0.2) is 16.7 Å². The van der Waals surface area contributed by atoms with Gasteiger partial charge in [0, 0.05) is 24.6 Å².